The summed E-state index contributed by atoms with van der Waals surface area (Å²) >= 11 is 0. The average molecular weight is 363 g/mol. The third-order valence-corrected chi connectivity index (χ3v) is 4.89. The van der Waals surface area contributed by atoms with E-state index in [9.17, 15) is 14.7 Å². The second kappa shape index (κ2) is 7.96. The maximum absolute atomic E-state index is 12.2. The summed E-state index contributed by atoms with van der Waals surface area (Å²) in [5.74, 6) is 0.816. The molecule has 0 unspecified atom stereocenters. The number of carbonyl (C=O) groups excluding carboxylic acids is 1. The van der Waals surface area contributed by atoms with Crippen molar-refractivity contribution in [3.63, 3.8) is 0 Å². The number of carbonyl (C=O) groups is 2. The van der Waals surface area contributed by atoms with Crippen LogP contribution in [0, 0.1) is 18.3 Å². The van der Waals surface area contributed by atoms with Gasteiger partial charge in [0, 0.05) is 12.3 Å². The van der Waals surface area contributed by atoms with E-state index >= 15 is 0 Å². The summed E-state index contributed by atoms with van der Waals surface area (Å²) in [6, 6.07) is 14.9. The molecule has 1 aliphatic rings. The normalized spacial score (nSPS) is 14.4. The lowest BCUT2D eigenvalue weighted by atomic mass is 9.98. The van der Waals surface area contributed by atoms with Gasteiger partial charge in [-0.3, -0.25) is 0 Å². The predicted molar refractivity (Wildman–Crippen MR) is 102 cm³/mol. The van der Waals surface area contributed by atoms with E-state index in [0.29, 0.717) is 0 Å². The van der Waals surface area contributed by atoms with Gasteiger partial charge in [0.05, 0.1) is 0 Å². The van der Waals surface area contributed by atoms with Gasteiger partial charge in [0.25, 0.3) is 0 Å². The predicted octanol–water partition coefficient (Wildman–Crippen LogP) is 3.64. The monoisotopic (exact) mass is 363 g/mol. The highest BCUT2D eigenvalue weighted by Gasteiger charge is 2.30. The van der Waals surface area contributed by atoms with E-state index in [-0.39, 0.29) is 18.9 Å². The molecule has 0 radical (unpaired) electrons. The fourth-order valence-electron chi connectivity index (χ4n) is 3.52. The molecule has 27 heavy (non-hydrogen) atoms. The molecule has 0 saturated carbocycles. The number of terminal acetylenes is 1. The first-order valence-electron chi connectivity index (χ1n) is 8.80. The van der Waals surface area contributed by atoms with Crippen LogP contribution in [-0.2, 0) is 9.53 Å². The van der Waals surface area contributed by atoms with E-state index in [1.54, 1.807) is 6.92 Å². The number of benzene rings is 2. The van der Waals surface area contributed by atoms with Crippen molar-refractivity contribution in [1.82, 2.24) is 5.32 Å². The van der Waals surface area contributed by atoms with Gasteiger partial charge in [0.1, 0.15) is 12.6 Å². The van der Waals surface area contributed by atoms with Gasteiger partial charge < -0.3 is 15.2 Å². The molecule has 3 rings (SSSR count). The molecular weight excluding hydrogens is 342 g/mol. The minimum atomic E-state index is -1.13. The third kappa shape index (κ3) is 3.80. The Morgan fingerprint density at radius 2 is 1.70 bits per heavy atom. The van der Waals surface area contributed by atoms with E-state index in [0.717, 1.165) is 22.3 Å². The minimum absolute atomic E-state index is 0.0745. The largest absolute Gasteiger partial charge is 0.480 e. The van der Waals surface area contributed by atoms with E-state index < -0.39 is 24.0 Å². The summed E-state index contributed by atoms with van der Waals surface area (Å²) in [4.78, 5) is 23.6. The number of amides is 1. The highest BCUT2D eigenvalue weighted by molar-refractivity contribution is 5.81. The van der Waals surface area contributed by atoms with Crippen molar-refractivity contribution in [2.75, 3.05) is 6.61 Å². The first-order valence-corrected chi connectivity index (χ1v) is 8.80. The summed E-state index contributed by atoms with van der Waals surface area (Å²) in [6.07, 6.45) is 4.74. The molecule has 1 amide bonds. The highest BCUT2D eigenvalue weighted by Crippen LogP contribution is 2.44. The minimum Gasteiger partial charge on any atom is -0.480 e. The molecule has 0 aliphatic heterocycles. The van der Waals surface area contributed by atoms with Crippen LogP contribution in [0.2, 0.25) is 0 Å². The number of carboxylic acids is 1. The van der Waals surface area contributed by atoms with E-state index in [1.165, 1.54) is 0 Å². The van der Waals surface area contributed by atoms with Gasteiger partial charge in [-0.2, -0.15) is 0 Å². The van der Waals surface area contributed by atoms with Crippen LogP contribution in [0.25, 0.3) is 11.1 Å². The number of hydrogen-bond acceptors (Lipinski definition) is 3. The van der Waals surface area contributed by atoms with Crippen molar-refractivity contribution in [1.29, 1.82) is 0 Å². The van der Waals surface area contributed by atoms with Crippen LogP contribution in [0.1, 0.15) is 30.4 Å². The Morgan fingerprint density at radius 3 is 2.22 bits per heavy atom. The average Bonchev–Trinajstić information content (AvgIpc) is 2.98. The Hall–Kier alpha value is -3.26. The molecule has 0 saturated heterocycles. The van der Waals surface area contributed by atoms with Crippen molar-refractivity contribution in [2.45, 2.75) is 25.3 Å². The summed E-state index contributed by atoms with van der Waals surface area (Å²) in [5.41, 5.74) is 4.46. The topological polar surface area (TPSA) is 75.6 Å². The van der Waals surface area contributed by atoms with Crippen molar-refractivity contribution >= 4 is 12.1 Å². The zero-order chi connectivity index (χ0) is 19.4. The van der Waals surface area contributed by atoms with Gasteiger partial charge >= 0.3 is 12.1 Å². The lowest BCUT2D eigenvalue weighted by Gasteiger charge is -2.20. The number of carboxylic acid groups (broad SMARTS) is 1. The molecule has 2 atom stereocenters. The van der Waals surface area contributed by atoms with Crippen LogP contribution < -0.4 is 5.32 Å². The fourth-order valence-corrected chi connectivity index (χ4v) is 3.52. The number of fused-ring (bicyclic) bond motifs is 3. The van der Waals surface area contributed by atoms with Crippen molar-refractivity contribution in [2.24, 2.45) is 5.92 Å². The molecule has 5 nitrogen and oxygen atoms in total. The van der Waals surface area contributed by atoms with Gasteiger partial charge in [-0.25, -0.2) is 9.59 Å². The fraction of sp³-hybridized carbons (Fsp3) is 0.273. The van der Waals surface area contributed by atoms with Crippen LogP contribution in [0.3, 0.4) is 0 Å². The Balaban J connectivity index is 1.70. The quantitative estimate of drug-likeness (QED) is 0.769. The number of ether oxygens (including phenoxy) is 1. The summed E-state index contributed by atoms with van der Waals surface area (Å²) in [5, 5.41) is 11.7. The first kappa shape index (κ1) is 18.5. The number of aliphatic carboxylic acids is 1. The van der Waals surface area contributed by atoms with Gasteiger partial charge in [-0.15, -0.1) is 12.3 Å². The number of nitrogens with one attached hydrogen (secondary N) is 1. The van der Waals surface area contributed by atoms with Gasteiger partial charge in [0.2, 0.25) is 0 Å². The lowest BCUT2D eigenvalue weighted by Crippen LogP contribution is -2.45. The molecule has 138 valence electrons. The summed E-state index contributed by atoms with van der Waals surface area (Å²) in [6.45, 7) is 1.82. The zero-order valence-electron chi connectivity index (χ0n) is 15.0. The number of alkyl carbamates (subject to hydrolysis) is 1. The SMILES string of the molecule is C#CC[C@@H](C)[C@H](NC(=O)OCC1c2ccccc2-c2ccccc21)C(=O)O. The molecule has 0 bridgehead atoms. The molecule has 5 heteroatoms. The second-order valence-electron chi connectivity index (χ2n) is 6.67. The molecule has 0 aromatic heterocycles. The van der Waals surface area contributed by atoms with Gasteiger partial charge in [-0.1, -0.05) is 55.5 Å². The molecule has 2 aromatic carbocycles. The molecule has 0 fully saturated rings. The van der Waals surface area contributed by atoms with Crippen LogP contribution in [0.5, 0.6) is 0 Å². The third-order valence-electron chi connectivity index (χ3n) is 4.89. The number of rotatable bonds is 6. The Labute approximate surface area is 158 Å². The molecular formula is C22H21NO4. The standard InChI is InChI=1S/C22H21NO4/c1-3-8-14(2)20(21(24)25)23-22(26)27-13-19-17-11-6-4-9-15(17)16-10-5-7-12-18(16)19/h1,4-7,9-12,14,19-20H,8,13H2,2H3,(H,23,26)(H,24,25)/t14-,20+/m1/s1. The van der Waals surface area contributed by atoms with Crippen LogP contribution in [0.4, 0.5) is 4.79 Å². The van der Waals surface area contributed by atoms with E-state index in [4.69, 9.17) is 11.2 Å². The molecule has 2 N–H and O–H groups in total. The first-order chi connectivity index (χ1) is 13.0. The maximum Gasteiger partial charge on any atom is 0.407 e. The van der Waals surface area contributed by atoms with Gasteiger partial charge in [-0.05, 0) is 28.2 Å². The van der Waals surface area contributed by atoms with Crippen LogP contribution in [-0.4, -0.2) is 29.8 Å². The van der Waals surface area contributed by atoms with Crippen molar-refractivity contribution in [3.8, 4) is 23.5 Å². The van der Waals surface area contributed by atoms with Crippen LogP contribution >= 0.6 is 0 Å². The lowest BCUT2D eigenvalue weighted by molar-refractivity contribution is -0.140. The number of hydrogen-bond donors (Lipinski definition) is 2. The maximum atomic E-state index is 12.2. The molecule has 0 heterocycles. The Morgan fingerprint density at radius 1 is 1.15 bits per heavy atom. The Kier molecular flexibility index (Phi) is 5.46. The summed E-state index contributed by atoms with van der Waals surface area (Å²) in [7, 11) is 0. The zero-order valence-corrected chi connectivity index (χ0v) is 15.0. The second-order valence-corrected chi connectivity index (χ2v) is 6.67. The van der Waals surface area contributed by atoms with Crippen molar-refractivity contribution < 1.29 is 19.4 Å². The molecule has 2 aromatic rings. The molecule has 0 spiro atoms. The smallest absolute Gasteiger partial charge is 0.407 e. The van der Waals surface area contributed by atoms with Crippen molar-refractivity contribution in [3.05, 3.63) is 59.7 Å². The van der Waals surface area contributed by atoms with Crippen LogP contribution in [0.15, 0.2) is 48.5 Å². The van der Waals surface area contributed by atoms with Gasteiger partial charge in [0.15, 0.2) is 0 Å². The summed E-state index contributed by atoms with van der Waals surface area (Å²) < 4.78 is 5.38. The molecule has 1 aliphatic carbocycles. The highest BCUT2D eigenvalue weighted by atomic mass is 16.5. The Bertz CT molecular complexity index is 854. The van der Waals surface area contributed by atoms with E-state index in [1.807, 2.05) is 36.4 Å². The van der Waals surface area contributed by atoms with E-state index in [2.05, 4.69) is 23.4 Å².